The molecule has 0 bridgehead atoms. The van der Waals surface area contributed by atoms with Crippen LogP contribution in [-0.2, 0) is 6.18 Å². The summed E-state index contributed by atoms with van der Waals surface area (Å²) in [5.41, 5.74) is 2.18. The Kier molecular flexibility index (Phi) is 4.19. The molecule has 4 N–H and O–H groups in total. The van der Waals surface area contributed by atoms with Gasteiger partial charge in [-0.25, -0.2) is 10.8 Å². The van der Waals surface area contributed by atoms with Crippen LogP contribution in [0, 0.1) is 6.92 Å². The molecule has 0 spiro atoms. The highest BCUT2D eigenvalue weighted by Gasteiger charge is 2.31. The lowest BCUT2D eigenvalue weighted by Gasteiger charge is -2.12. The number of hydrazine groups is 1. The van der Waals surface area contributed by atoms with Gasteiger partial charge in [-0.2, -0.15) is 18.2 Å². The molecule has 112 valence electrons. The molecule has 0 atom stereocenters. The Bertz CT molecular complexity index is 660. The Morgan fingerprint density at radius 1 is 1.14 bits per heavy atom. The van der Waals surface area contributed by atoms with Crippen molar-refractivity contribution in [3.63, 3.8) is 0 Å². The molecule has 0 aliphatic carbocycles. The van der Waals surface area contributed by atoms with Crippen LogP contribution < -0.4 is 16.6 Å². The van der Waals surface area contributed by atoms with E-state index in [0.717, 1.165) is 12.1 Å². The van der Waals surface area contributed by atoms with Crippen molar-refractivity contribution in [2.75, 3.05) is 10.7 Å². The number of aromatic nitrogens is 2. The van der Waals surface area contributed by atoms with Gasteiger partial charge >= 0.3 is 6.18 Å². The maximum Gasteiger partial charge on any atom is 0.416 e. The van der Waals surface area contributed by atoms with Crippen LogP contribution in [0.4, 0.5) is 30.6 Å². The van der Waals surface area contributed by atoms with Crippen LogP contribution >= 0.6 is 11.6 Å². The van der Waals surface area contributed by atoms with Gasteiger partial charge < -0.3 is 5.32 Å². The van der Waals surface area contributed by atoms with Crippen molar-refractivity contribution in [2.45, 2.75) is 13.1 Å². The van der Waals surface area contributed by atoms with E-state index in [0.29, 0.717) is 11.5 Å². The molecule has 2 aromatic rings. The fourth-order valence-corrected chi connectivity index (χ4v) is 1.91. The Morgan fingerprint density at radius 2 is 1.86 bits per heavy atom. The van der Waals surface area contributed by atoms with E-state index in [-0.39, 0.29) is 16.7 Å². The van der Waals surface area contributed by atoms with Gasteiger partial charge in [0, 0.05) is 22.5 Å². The Balaban J connectivity index is 2.35. The summed E-state index contributed by atoms with van der Waals surface area (Å²) >= 11 is 5.71. The van der Waals surface area contributed by atoms with Gasteiger partial charge in [0.25, 0.3) is 0 Å². The predicted octanol–water partition coefficient (Wildman–Crippen LogP) is 3.49. The van der Waals surface area contributed by atoms with E-state index in [9.17, 15) is 13.2 Å². The molecule has 0 amide bonds. The maximum absolute atomic E-state index is 12.7. The van der Waals surface area contributed by atoms with Crippen molar-refractivity contribution in [2.24, 2.45) is 5.84 Å². The SMILES string of the molecule is Cc1cc(Nc2cc(Cl)cc(C(F)(F)F)c2)nc(NN)n1. The minimum absolute atomic E-state index is 0.0322. The molecule has 1 aromatic heterocycles. The number of hydrogen-bond acceptors (Lipinski definition) is 5. The molecule has 9 heteroatoms. The number of aryl methyl sites for hydroxylation is 1. The minimum atomic E-state index is -4.48. The quantitative estimate of drug-likeness (QED) is 0.597. The second-order valence-electron chi connectivity index (χ2n) is 4.21. The van der Waals surface area contributed by atoms with Crippen LogP contribution in [-0.4, -0.2) is 9.97 Å². The van der Waals surface area contributed by atoms with Gasteiger partial charge in [-0.3, -0.25) is 5.43 Å². The highest BCUT2D eigenvalue weighted by Crippen LogP contribution is 2.34. The van der Waals surface area contributed by atoms with Crippen molar-refractivity contribution in [3.8, 4) is 0 Å². The molecule has 0 saturated carbocycles. The Hall–Kier alpha value is -2.06. The monoisotopic (exact) mass is 317 g/mol. The van der Waals surface area contributed by atoms with E-state index in [1.807, 2.05) is 0 Å². The number of nitrogens with two attached hydrogens (primary N) is 1. The predicted molar refractivity (Wildman–Crippen MR) is 74.3 cm³/mol. The second-order valence-corrected chi connectivity index (χ2v) is 4.65. The molecule has 1 aromatic carbocycles. The summed E-state index contributed by atoms with van der Waals surface area (Å²) in [5, 5.41) is 2.71. The van der Waals surface area contributed by atoms with Crippen LogP contribution in [0.25, 0.3) is 0 Å². The van der Waals surface area contributed by atoms with E-state index in [4.69, 9.17) is 17.4 Å². The molecule has 5 nitrogen and oxygen atoms in total. The molecule has 21 heavy (non-hydrogen) atoms. The molecule has 0 radical (unpaired) electrons. The number of rotatable bonds is 3. The van der Waals surface area contributed by atoms with Gasteiger partial charge in [0.1, 0.15) is 5.82 Å². The number of hydrogen-bond donors (Lipinski definition) is 3. The number of nitrogens with one attached hydrogen (secondary N) is 2. The normalized spacial score (nSPS) is 11.3. The van der Waals surface area contributed by atoms with Crippen molar-refractivity contribution in [1.29, 1.82) is 0 Å². The fourth-order valence-electron chi connectivity index (χ4n) is 1.67. The van der Waals surface area contributed by atoms with Gasteiger partial charge in [0.05, 0.1) is 5.56 Å². The maximum atomic E-state index is 12.7. The third-order valence-electron chi connectivity index (χ3n) is 2.48. The number of nitrogen functional groups attached to an aromatic ring is 1. The first-order chi connectivity index (χ1) is 9.77. The molecule has 0 unspecified atom stereocenters. The molecule has 0 aliphatic heterocycles. The third-order valence-corrected chi connectivity index (χ3v) is 2.70. The standard InChI is InChI=1S/C12H11ClF3N5/c1-6-2-10(20-11(18-6)21-17)19-9-4-7(12(14,15)16)3-8(13)5-9/h2-5H,17H2,1H3,(H2,18,19,20,21). The summed E-state index contributed by atoms with van der Waals surface area (Å²) < 4.78 is 38.2. The molecule has 0 fully saturated rings. The molecule has 0 saturated heterocycles. The van der Waals surface area contributed by atoms with Crippen molar-refractivity contribution >= 4 is 29.1 Å². The lowest BCUT2D eigenvalue weighted by Crippen LogP contribution is -2.12. The average molecular weight is 318 g/mol. The molecular weight excluding hydrogens is 307 g/mol. The lowest BCUT2D eigenvalue weighted by atomic mass is 10.2. The van der Waals surface area contributed by atoms with Gasteiger partial charge in [-0.1, -0.05) is 11.6 Å². The summed E-state index contributed by atoms with van der Waals surface area (Å²) in [6.45, 7) is 1.70. The Morgan fingerprint density at radius 3 is 2.48 bits per heavy atom. The van der Waals surface area contributed by atoms with Crippen LogP contribution in [0.15, 0.2) is 24.3 Å². The van der Waals surface area contributed by atoms with E-state index in [1.54, 1.807) is 13.0 Å². The fraction of sp³-hybridized carbons (Fsp3) is 0.167. The highest BCUT2D eigenvalue weighted by atomic mass is 35.5. The summed E-state index contributed by atoms with van der Waals surface area (Å²) in [6, 6.07) is 4.72. The topological polar surface area (TPSA) is 75.9 Å². The summed E-state index contributed by atoms with van der Waals surface area (Å²) in [5.74, 6) is 5.66. The van der Waals surface area contributed by atoms with Gasteiger partial charge in [0.15, 0.2) is 0 Å². The lowest BCUT2D eigenvalue weighted by molar-refractivity contribution is -0.137. The van der Waals surface area contributed by atoms with Crippen molar-refractivity contribution in [3.05, 3.63) is 40.5 Å². The van der Waals surface area contributed by atoms with E-state index in [2.05, 4.69) is 20.7 Å². The van der Waals surface area contributed by atoms with Crippen molar-refractivity contribution < 1.29 is 13.2 Å². The van der Waals surface area contributed by atoms with Crippen LogP contribution in [0.1, 0.15) is 11.3 Å². The smallest absolute Gasteiger partial charge is 0.340 e. The highest BCUT2D eigenvalue weighted by molar-refractivity contribution is 6.31. The first kappa shape index (κ1) is 15.3. The molecule has 0 aliphatic rings. The molecular formula is C12H11ClF3N5. The third kappa shape index (κ3) is 3.96. The minimum Gasteiger partial charge on any atom is -0.340 e. The number of anilines is 3. The number of alkyl halides is 3. The van der Waals surface area contributed by atoms with Crippen LogP contribution in [0.2, 0.25) is 5.02 Å². The van der Waals surface area contributed by atoms with E-state index < -0.39 is 11.7 Å². The summed E-state index contributed by atoms with van der Waals surface area (Å²) in [4.78, 5) is 7.96. The first-order valence-electron chi connectivity index (χ1n) is 5.75. The van der Waals surface area contributed by atoms with Gasteiger partial charge in [-0.15, -0.1) is 0 Å². The second kappa shape index (κ2) is 5.74. The van der Waals surface area contributed by atoms with Gasteiger partial charge in [-0.05, 0) is 25.1 Å². The summed E-state index contributed by atoms with van der Waals surface area (Å²) in [7, 11) is 0. The van der Waals surface area contributed by atoms with Crippen molar-refractivity contribution in [1.82, 2.24) is 9.97 Å². The zero-order chi connectivity index (χ0) is 15.6. The largest absolute Gasteiger partial charge is 0.416 e. The van der Waals surface area contributed by atoms with Crippen LogP contribution in [0.3, 0.4) is 0 Å². The average Bonchev–Trinajstić information content (AvgIpc) is 2.36. The van der Waals surface area contributed by atoms with Crippen LogP contribution in [0.5, 0.6) is 0 Å². The number of nitrogens with zero attached hydrogens (tertiary/aromatic N) is 2. The molecule has 2 rings (SSSR count). The zero-order valence-corrected chi connectivity index (χ0v) is 11.5. The number of benzene rings is 1. The Labute approximate surface area is 123 Å². The number of halogens is 4. The zero-order valence-electron chi connectivity index (χ0n) is 10.8. The van der Waals surface area contributed by atoms with E-state index >= 15 is 0 Å². The first-order valence-corrected chi connectivity index (χ1v) is 6.13. The van der Waals surface area contributed by atoms with E-state index in [1.165, 1.54) is 6.07 Å². The van der Waals surface area contributed by atoms with Gasteiger partial charge in [0.2, 0.25) is 5.95 Å². The molecule has 1 heterocycles. The summed E-state index contributed by atoms with van der Waals surface area (Å²) in [6.07, 6.45) is -4.48.